The van der Waals surface area contributed by atoms with Crippen molar-refractivity contribution in [3.63, 3.8) is 0 Å². The van der Waals surface area contributed by atoms with E-state index in [0.717, 1.165) is 9.56 Å². The summed E-state index contributed by atoms with van der Waals surface area (Å²) in [6, 6.07) is 3.67. The fourth-order valence-electron chi connectivity index (χ4n) is 1.48. The lowest BCUT2D eigenvalue weighted by Gasteiger charge is -2.12. The van der Waals surface area contributed by atoms with Crippen LogP contribution in [0.1, 0.15) is 13.8 Å². The predicted octanol–water partition coefficient (Wildman–Crippen LogP) is 1.35. The predicted molar refractivity (Wildman–Crippen MR) is 71.2 cm³/mol. The second kappa shape index (κ2) is 6.14. The van der Waals surface area contributed by atoms with Crippen LogP contribution in [0.15, 0.2) is 26.7 Å². The first-order valence-electron chi connectivity index (χ1n) is 5.97. The van der Waals surface area contributed by atoms with E-state index in [-0.39, 0.29) is 25.1 Å². The van der Waals surface area contributed by atoms with Gasteiger partial charge in [-0.2, -0.15) is 4.68 Å². The van der Waals surface area contributed by atoms with Crippen molar-refractivity contribution in [1.29, 1.82) is 0 Å². The van der Waals surface area contributed by atoms with Crippen molar-refractivity contribution in [3.8, 4) is 10.8 Å². The van der Waals surface area contributed by atoms with E-state index in [1.54, 1.807) is 0 Å². The van der Waals surface area contributed by atoms with Crippen molar-refractivity contribution in [3.05, 3.63) is 28.1 Å². The molecular formula is C12H16N2O4S. The smallest absolute Gasteiger partial charge is 0.389 e. The molecule has 0 bridgehead atoms. The third-order valence-corrected chi connectivity index (χ3v) is 3.20. The second-order valence-electron chi connectivity index (χ2n) is 4.37. The lowest BCUT2D eigenvalue weighted by molar-refractivity contribution is -0.00269. The first kappa shape index (κ1) is 14.0. The number of hydrogen-bond donors (Lipinski definition) is 1. The number of aliphatic hydroxyl groups is 1. The van der Waals surface area contributed by atoms with E-state index in [1.165, 1.54) is 11.3 Å². The Morgan fingerprint density at radius 2 is 2.37 bits per heavy atom. The van der Waals surface area contributed by atoms with Gasteiger partial charge in [0.25, 0.3) is 5.89 Å². The number of aromatic nitrogens is 2. The van der Waals surface area contributed by atoms with Gasteiger partial charge in [0.2, 0.25) is 0 Å². The summed E-state index contributed by atoms with van der Waals surface area (Å²) in [7, 11) is 0. The molecule has 2 heterocycles. The van der Waals surface area contributed by atoms with E-state index >= 15 is 0 Å². The van der Waals surface area contributed by atoms with Gasteiger partial charge in [0, 0.05) is 0 Å². The number of hydrogen-bond acceptors (Lipinski definition) is 6. The van der Waals surface area contributed by atoms with Gasteiger partial charge in [-0.15, -0.1) is 16.4 Å². The molecule has 0 saturated heterocycles. The van der Waals surface area contributed by atoms with Crippen molar-refractivity contribution >= 4 is 11.3 Å². The number of thiophene rings is 1. The van der Waals surface area contributed by atoms with Crippen molar-refractivity contribution in [2.24, 2.45) is 0 Å². The maximum atomic E-state index is 11.6. The minimum atomic E-state index is -0.790. The summed E-state index contributed by atoms with van der Waals surface area (Å²) in [5, 5.41) is 15.7. The third kappa shape index (κ3) is 3.76. The van der Waals surface area contributed by atoms with Gasteiger partial charge in [0.05, 0.1) is 30.2 Å². The molecule has 1 atom stereocenters. The summed E-state index contributed by atoms with van der Waals surface area (Å²) in [5.41, 5.74) is 0. The Kier molecular flexibility index (Phi) is 4.52. The van der Waals surface area contributed by atoms with Crippen LogP contribution >= 0.6 is 11.3 Å². The van der Waals surface area contributed by atoms with E-state index in [9.17, 15) is 9.90 Å². The molecule has 0 radical (unpaired) electrons. The van der Waals surface area contributed by atoms with Crippen LogP contribution in [-0.4, -0.2) is 33.7 Å². The Morgan fingerprint density at radius 1 is 1.58 bits per heavy atom. The van der Waals surface area contributed by atoms with Gasteiger partial charge in [0.15, 0.2) is 0 Å². The van der Waals surface area contributed by atoms with E-state index < -0.39 is 11.9 Å². The number of ether oxygens (including phenoxy) is 1. The van der Waals surface area contributed by atoms with Crippen molar-refractivity contribution < 1.29 is 14.3 Å². The zero-order chi connectivity index (χ0) is 13.8. The monoisotopic (exact) mass is 284 g/mol. The Balaban J connectivity index is 2.03. The molecule has 1 N–H and O–H groups in total. The molecule has 0 aliphatic rings. The maximum Gasteiger partial charge on any atom is 0.437 e. The molecule has 2 rings (SSSR count). The minimum absolute atomic E-state index is 0.0327. The van der Waals surface area contributed by atoms with Crippen molar-refractivity contribution in [2.75, 3.05) is 6.61 Å². The van der Waals surface area contributed by atoms with E-state index in [2.05, 4.69) is 5.10 Å². The van der Waals surface area contributed by atoms with Gasteiger partial charge in [-0.1, -0.05) is 6.07 Å². The number of nitrogens with zero attached hydrogens (tertiary/aromatic N) is 2. The van der Waals surface area contributed by atoms with Gasteiger partial charge in [0.1, 0.15) is 0 Å². The van der Waals surface area contributed by atoms with Crippen molar-refractivity contribution in [1.82, 2.24) is 9.78 Å². The van der Waals surface area contributed by atoms with Crippen LogP contribution in [0, 0.1) is 0 Å². The average Bonchev–Trinajstić information content (AvgIpc) is 2.97. The summed E-state index contributed by atoms with van der Waals surface area (Å²) in [6.07, 6.45) is -0.758. The lowest BCUT2D eigenvalue weighted by atomic mass is 10.4. The number of rotatable bonds is 6. The fourth-order valence-corrected chi connectivity index (χ4v) is 2.12. The summed E-state index contributed by atoms with van der Waals surface area (Å²) < 4.78 is 11.4. The molecule has 19 heavy (non-hydrogen) atoms. The Hall–Kier alpha value is -1.44. The third-order valence-electron chi connectivity index (χ3n) is 2.34. The van der Waals surface area contributed by atoms with Gasteiger partial charge in [-0.3, -0.25) is 0 Å². The van der Waals surface area contributed by atoms with E-state index in [0.29, 0.717) is 0 Å². The molecule has 0 aliphatic heterocycles. The van der Waals surface area contributed by atoms with Gasteiger partial charge < -0.3 is 14.3 Å². The van der Waals surface area contributed by atoms with Crippen molar-refractivity contribution in [2.45, 2.75) is 32.6 Å². The van der Waals surface area contributed by atoms with Crippen LogP contribution in [0.3, 0.4) is 0 Å². The van der Waals surface area contributed by atoms with Gasteiger partial charge in [-0.05, 0) is 25.3 Å². The molecule has 6 nitrogen and oxygen atoms in total. The molecule has 7 heteroatoms. The highest BCUT2D eigenvalue weighted by Gasteiger charge is 2.14. The topological polar surface area (TPSA) is 77.5 Å². The molecule has 104 valence electrons. The molecule has 0 spiro atoms. The zero-order valence-corrected chi connectivity index (χ0v) is 11.6. The molecule has 0 aliphatic carbocycles. The first-order valence-corrected chi connectivity index (χ1v) is 6.85. The van der Waals surface area contributed by atoms with Crippen LogP contribution in [0.2, 0.25) is 0 Å². The van der Waals surface area contributed by atoms with Gasteiger partial charge >= 0.3 is 5.76 Å². The standard InChI is InChI=1S/C12H16N2O4S/c1-8(2)17-7-9(15)6-14-12(16)18-11(13-14)10-4-3-5-19-10/h3-5,8-9,15H,6-7H2,1-2H3. The molecule has 0 fully saturated rings. The molecule has 2 aromatic heterocycles. The number of aliphatic hydroxyl groups excluding tert-OH is 1. The molecular weight excluding hydrogens is 268 g/mol. The quantitative estimate of drug-likeness (QED) is 0.866. The molecule has 0 saturated carbocycles. The molecule has 0 amide bonds. The lowest BCUT2D eigenvalue weighted by Crippen LogP contribution is -2.28. The van der Waals surface area contributed by atoms with Gasteiger partial charge in [-0.25, -0.2) is 4.79 Å². The highest BCUT2D eigenvalue weighted by atomic mass is 32.1. The SMILES string of the molecule is CC(C)OCC(O)Cn1nc(-c2cccs2)oc1=O. The van der Waals surface area contributed by atoms with Crippen LogP contribution in [0.25, 0.3) is 10.8 Å². The first-order chi connectivity index (χ1) is 9.06. The summed E-state index contributed by atoms with van der Waals surface area (Å²) >= 11 is 1.44. The summed E-state index contributed by atoms with van der Waals surface area (Å²) in [6.45, 7) is 3.97. The normalized spacial score (nSPS) is 13.1. The Bertz CT molecular complexity index is 559. The Morgan fingerprint density at radius 3 is 3.00 bits per heavy atom. The average molecular weight is 284 g/mol. The Labute approximate surface area is 114 Å². The molecule has 2 aromatic rings. The van der Waals surface area contributed by atoms with Crippen LogP contribution < -0.4 is 5.76 Å². The molecule has 1 unspecified atom stereocenters. The van der Waals surface area contributed by atoms with Crippen LogP contribution in [0.4, 0.5) is 0 Å². The van der Waals surface area contributed by atoms with Crippen LogP contribution in [0.5, 0.6) is 0 Å². The fraction of sp³-hybridized carbons (Fsp3) is 0.500. The molecule has 0 aromatic carbocycles. The van der Waals surface area contributed by atoms with E-state index in [1.807, 2.05) is 31.4 Å². The van der Waals surface area contributed by atoms with Crippen LogP contribution in [-0.2, 0) is 11.3 Å². The highest BCUT2D eigenvalue weighted by molar-refractivity contribution is 7.13. The summed E-state index contributed by atoms with van der Waals surface area (Å²) in [5.74, 6) is -0.302. The highest BCUT2D eigenvalue weighted by Crippen LogP contribution is 2.20. The minimum Gasteiger partial charge on any atom is -0.389 e. The largest absolute Gasteiger partial charge is 0.437 e. The zero-order valence-electron chi connectivity index (χ0n) is 10.8. The summed E-state index contributed by atoms with van der Waals surface area (Å²) in [4.78, 5) is 12.4. The second-order valence-corrected chi connectivity index (χ2v) is 5.32. The maximum absolute atomic E-state index is 11.6. The van der Waals surface area contributed by atoms with E-state index in [4.69, 9.17) is 9.15 Å².